The van der Waals surface area contributed by atoms with Gasteiger partial charge in [-0.25, -0.2) is 4.39 Å². The van der Waals surface area contributed by atoms with Crippen LogP contribution in [0.15, 0.2) is 0 Å². The van der Waals surface area contributed by atoms with E-state index in [0.29, 0.717) is 13.1 Å². The van der Waals surface area contributed by atoms with Crippen molar-refractivity contribution in [3.05, 3.63) is 6.17 Å². The van der Waals surface area contributed by atoms with E-state index in [0.717, 1.165) is 0 Å². The summed E-state index contributed by atoms with van der Waals surface area (Å²) in [4.78, 5) is 0. The van der Waals surface area contributed by atoms with Crippen molar-refractivity contribution in [3.63, 3.8) is 0 Å². The van der Waals surface area contributed by atoms with Crippen LogP contribution in [0, 0.1) is 6.17 Å². The minimum atomic E-state index is 0.0741. The number of hydrogen-bond acceptors (Lipinski definition) is 1. The Hall–Kier alpha value is -0.110. The Balaban J connectivity index is 2.08. The third-order valence-corrected chi connectivity index (χ3v) is 0.634. The highest BCUT2D eigenvalue weighted by Gasteiger charge is 2.14. The topological polar surface area (TPSA) is 12.0 Å². The molecule has 0 unspecified atom stereocenters. The van der Waals surface area contributed by atoms with E-state index in [2.05, 4.69) is 5.32 Å². The number of hydrogen-bond donors (Lipinski definition) is 1. The molecule has 1 rings (SSSR count). The van der Waals surface area contributed by atoms with Crippen molar-refractivity contribution in [1.29, 1.82) is 0 Å². The second kappa shape index (κ2) is 0.937. The highest BCUT2D eigenvalue weighted by molar-refractivity contribution is 4.91. The van der Waals surface area contributed by atoms with Gasteiger partial charge in [0.2, 0.25) is 0 Å². The van der Waals surface area contributed by atoms with Gasteiger partial charge in [-0.1, -0.05) is 0 Å². The van der Waals surface area contributed by atoms with Crippen molar-refractivity contribution in [2.75, 3.05) is 13.1 Å². The molecular formula is C3H5FN. The molecule has 2 heteroatoms. The molecule has 0 amide bonds. The summed E-state index contributed by atoms with van der Waals surface area (Å²) in [6.45, 7) is 0.972. The van der Waals surface area contributed by atoms with Crippen LogP contribution in [0.25, 0.3) is 0 Å². The molecule has 1 nitrogen and oxygen atoms in total. The lowest BCUT2D eigenvalue weighted by Crippen LogP contribution is -2.37. The summed E-state index contributed by atoms with van der Waals surface area (Å²) in [5, 5.41) is 2.75. The van der Waals surface area contributed by atoms with Crippen LogP contribution in [-0.2, 0) is 0 Å². The first kappa shape index (κ1) is 3.09. The van der Waals surface area contributed by atoms with Gasteiger partial charge in [0, 0.05) is 13.1 Å². The summed E-state index contributed by atoms with van der Waals surface area (Å²) >= 11 is 0. The summed E-state index contributed by atoms with van der Waals surface area (Å²) in [6, 6.07) is 0. The Morgan fingerprint density at radius 2 is 2.00 bits per heavy atom. The van der Waals surface area contributed by atoms with Crippen LogP contribution in [0.2, 0.25) is 0 Å². The number of nitrogens with one attached hydrogen (secondary N) is 1. The molecule has 0 aromatic rings. The molecule has 1 fully saturated rings. The molecule has 1 aliphatic heterocycles. The van der Waals surface area contributed by atoms with Gasteiger partial charge in [-0.05, 0) is 0 Å². The molecule has 1 heterocycles. The quantitative estimate of drug-likeness (QED) is 0.429. The molecular weight excluding hydrogens is 69.0 g/mol. The van der Waals surface area contributed by atoms with E-state index >= 15 is 0 Å². The van der Waals surface area contributed by atoms with Crippen molar-refractivity contribution in [3.8, 4) is 0 Å². The summed E-state index contributed by atoms with van der Waals surface area (Å²) in [7, 11) is 0. The van der Waals surface area contributed by atoms with Crippen LogP contribution >= 0.6 is 0 Å². The summed E-state index contributed by atoms with van der Waals surface area (Å²) in [5.41, 5.74) is 0. The molecule has 29 valence electrons. The van der Waals surface area contributed by atoms with Crippen LogP contribution < -0.4 is 5.32 Å². The smallest absolute Gasteiger partial charge is 0.171 e. The molecule has 0 aromatic carbocycles. The Kier molecular flexibility index (Phi) is 0.580. The van der Waals surface area contributed by atoms with Crippen molar-refractivity contribution in [2.24, 2.45) is 0 Å². The predicted molar refractivity (Wildman–Crippen MR) is 17.2 cm³/mol. The lowest BCUT2D eigenvalue weighted by molar-refractivity contribution is 0.360. The SMILES string of the molecule is F[C]1CNC1. The van der Waals surface area contributed by atoms with Gasteiger partial charge < -0.3 is 5.32 Å². The Bertz CT molecular complexity index is 33.9. The molecule has 1 aliphatic rings. The Labute approximate surface area is 30.2 Å². The minimum Gasteiger partial charge on any atom is -0.310 e. The molecule has 0 atom stereocenters. The minimum absolute atomic E-state index is 0.0741. The first-order valence-electron chi connectivity index (χ1n) is 1.60. The highest BCUT2D eigenvalue weighted by atomic mass is 19.1. The van der Waals surface area contributed by atoms with Crippen molar-refractivity contribution >= 4 is 0 Å². The van der Waals surface area contributed by atoms with Gasteiger partial charge in [-0.15, -0.1) is 0 Å². The number of rotatable bonds is 0. The zero-order chi connectivity index (χ0) is 3.70. The van der Waals surface area contributed by atoms with E-state index in [-0.39, 0.29) is 6.17 Å². The van der Waals surface area contributed by atoms with Gasteiger partial charge in [-0.2, -0.15) is 0 Å². The third-order valence-electron chi connectivity index (χ3n) is 0.634. The standard InChI is InChI=1S/C3H5FN/c4-3-1-5-2-3/h5H,1-2H2. The fourth-order valence-corrected chi connectivity index (χ4v) is 0.219. The largest absolute Gasteiger partial charge is 0.310 e. The first-order chi connectivity index (χ1) is 2.39. The zero-order valence-electron chi connectivity index (χ0n) is 2.79. The van der Waals surface area contributed by atoms with Gasteiger partial charge in [0.15, 0.2) is 6.17 Å². The van der Waals surface area contributed by atoms with Gasteiger partial charge in [0.05, 0.1) is 0 Å². The van der Waals surface area contributed by atoms with Gasteiger partial charge in [-0.3, -0.25) is 0 Å². The average molecular weight is 74.1 g/mol. The first-order valence-corrected chi connectivity index (χ1v) is 1.60. The van der Waals surface area contributed by atoms with E-state index in [1.807, 2.05) is 0 Å². The second-order valence-corrected chi connectivity index (χ2v) is 1.12. The fraction of sp³-hybridized carbons (Fsp3) is 0.667. The normalized spacial score (nSPS) is 25.8. The average Bonchev–Trinajstić information content (AvgIpc) is 1.30. The maximum atomic E-state index is 11.4. The molecule has 5 heavy (non-hydrogen) atoms. The van der Waals surface area contributed by atoms with E-state index in [9.17, 15) is 4.39 Å². The Morgan fingerprint density at radius 3 is 2.00 bits per heavy atom. The molecule has 0 spiro atoms. The van der Waals surface area contributed by atoms with Gasteiger partial charge in [0.1, 0.15) is 0 Å². The maximum Gasteiger partial charge on any atom is 0.171 e. The molecule has 0 aliphatic carbocycles. The third kappa shape index (κ3) is 0.401. The van der Waals surface area contributed by atoms with Gasteiger partial charge >= 0.3 is 0 Å². The highest BCUT2D eigenvalue weighted by Crippen LogP contribution is 2.03. The monoisotopic (exact) mass is 74.0 g/mol. The van der Waals surface area contributed by atoms with Crippen LogP contribution in [0.1, 0.15) is 0 Å². The summed E-state index contributed by atoms with van der Waals surface area (Å²) < 4.78 is 11.4. The molecule has 1 radical (unpaired) electrons. The molecule has 1 N–H and O–H groups in total. The van der Waals surface area contributed by atoms with E-state index in [1.165, 1.54) is 0 Å². The molecule has 1 saturated heterocycles. The van der Waals surface area contributed by atoms with E-state index in [4.69, 9.17) is 0 Å². The lowest BCUT2D eigenvalue weighted by atomic mass is 10.3. The van der Waals surface area contributed by atoms with Crippen LogP contribution in [-0.4, -0.2) is 13.1 Å². The van der Waals surface area contributed by atoms with Crippen molar-refractivity contribution in [2.45, 2.75) is 0 Å². The predicted octanol–water partition coefficient (Wildman–Crippen LogP) is 0.0911. The molecule has 0 aromatic heterocycles. The molecule has 0 saturated carbocycles. The van der Waals surface area contributed by atoms with Crippen LogP contribution in [0.5, 0.6) is 0 Å². The van der Waals surface area contributed by atoms with Gasteiger partial charge in [0.25, 0.3) is 0 Å². The maximum absolute atomic E-state index is 11.4. The van der Waals surface area contributed by atoms with E-state index in [1.54, 1.807) is 0 Å². The fourth-order valence-electron chi connectivity index (χ4n) is 0.219. The van der Waals surface area contributed by atoms with Crippen molar-refractivity contribution < 1.29 is 4.39 Å². The van der Waals surface area contributed by atoms with Crippen LogP contribution in [0.4, 0.5) is 4.39 Å². The summed E-state index contributed by atoms with van der Waals surface area (Å²) in [6.07, 6.45) is 0.0741. The summed E-state index contributed by atoms with van der Waals surface area (Å²) in [5.74, 6) is 0. The molecule has 0 bridgehead atoms. The van der Waals surface area contributed by atoms with Crippen molar-refractivity contribution in [1.82, 2.24) is 5.32 Å². The number of halogens is 1. The zero-order valence-corrected chi connectivity index (χ0v) is 2.79. The lowest BCUT2D eigenvalue weighted by Gasteiger charge is -2.16. The second-order valence-electron chi connectivity index (χ2n) is 1.12. The van der Waals surface area contributed by atoms with Crippen LogP contribution in [0.3, 0.4) is 0 Å². The van der Waals surface area contributed by atoms with E-state index < -0.39 is 0 Å². The Morgan fingerprint density at radius 1 is 1.60 bits per heavy atom.